The third-order valence-electron chi connectivity index (χ3n) is 1.46. The number of hydrogen-bond acceptors (Lipinski definition) is 2. The molecule has 0 atom stereocenters. The molecule has 0 unspecified atom stereocenters. The minimum atomic E-state index is -0.466. The van der Waals surface area contributed by atoms with E-state index in [2.05, 4.69) is 10.1 Å². The van der Waals surface area contributed by atoms with Gasteiger partial charge in [-0.05, 0) is 11.6 Å². The number of benzene rings is 1. The lowest BCUT2D eigenvalue weighted by Gasteiger charge is -1.95. The van der Waals surface area contributed by atoms with Gasteiger partial charge >= 0.3 is 6.09 Å². The zero-order chi connectivity index (χ0) is 9.52. The first-order chi connectivity index (χ1) is 6.33. The molecule has 0 radical (unpaired) electrons. The first-order valence-corrected chi connectivity index (χ1v) is 3.89. The molecule has 0 heterocycles. The lowest BCUT2D eigenvalue weighted by molar-refractivity contribution is 0.175. The van der Waals surface area contributed by atoms with Gasteiger partial charge in [0, 0.05) is 6.20 Å². The van der Waals surface area contributed by atoms with Gasteiger partial charge in [-0.15, -0.1) is 0 Å². The second-order valence-electron chi connectivity index (χ2n) is 2.38. The monoisotopic (exact) mass is 177 g/mol. The van der Waals surface area contributed by atoms with E-state index < -0.39 is 6.09 Å². The maximum atomic E-state index is 10.6. The van der Waals surface area contributed by atoms with Gasteiger partial charge in [0.15, 0.2) is 0 Å². The molecule has 0 spiro atoms. The SMILES string of the molecule is COC(=O)N/C=C/c1ccccc1. The maximum Gasteiger partial charge on any atom is 0.410 e. The molecule has 0 aromatic heterocycles. The van der Waals surface area contributed by atoms with Gasteiger partial charge in [-0.2, -0.15) is 0 Å². The van der Waals surface area contributed by atoms with E-state index in [4.69, 9.17) is 0 Å². The molecule has 1 aromatic carbocycles. The van der Waals surface area contributed by atoms with Crippen LogP contribution in [0.15, 0.2) is 36.5 Å². The normalized spacial score (nSPS) is 9.92. The topological polar surface area (TPSA) is 38.3 Å². The first-order valence-electron chi connectivity index (χ1n) is 3.89. The van der Waals surface area contributed by atoms with Crippen LogP contribution in [0.2, 0.25) is 0 Å². The zero-order valence-electron chi connectivity index (χ0n) is 7.36. The van der Waals surface area contributed by atoms with Crippen LogP contribution < -0.4 is 5.32 Å². The molecule has 0 saturated heterocycles. The summed E-state index contributed by atoms with van der Waals surface area (Å²) in [5.74, 6) is 0. The number of methoxy groups -OCH3 is 1. The molecule has 0 bridgehead atoms. The number of alkyl carbamates (subject to hydrolysis) is 1. The van der Waals surface area contributed by atoms with Gasteiger partial charge in [0.2, 0.25) is 0 Å². The number of hydrogen-bond donors (Lipinski definition) is 1. The lowest BCUT2D eigenvalue weighted by atomic mass is 10.2. The molecule has 0 fully saturated rings. The second kappa shape index (κ2) is 4.98. The Kier molecular flexibility index (Phi) is 3.57. The van der Waals surface area contributed by atoms with Crippen molar-refractivity contribution in [1.29, 1.82) is 0 Å². The minimum Gasteiger partial charge on any atom is -0.453 e. The summed E-state index contributed by atoms with van der Waals surface area (Å²) < 4.78 is 4.39. The lowest BCUT2D eigenvalue weighted by Crippen LogP contribution is -2.15. The molecule has 0 aliphatic heterocycles. The molecule has 3 heteroatoms. The Hall–Kier alpha value is -1.77. The summed E-state index contributed by atoms with van der Waals surface area (Å²) in [6.07, 6.45) is 2.87. The van der Waals surface area contributed by atoms with Crippen molar-refractivity contribution in [2.75, 3.05) is 7.11 Å². The average molecular weight is 177 g/mol. The van der Waals surface area contributed by atoms with E-state index in [1.807, 2.05) is 30.3 Å². The number of carbonyl (C=O) groups excluding carboxylic acids is 1. The van der Waals surface area contributed by atoms with Crippen LogP contribution in [0.3, 0.4) is 0 Å². The predicted octanol–water partition coefficient (Wildman–Crippen LogP) is 2.01. The Bertz CT molecular complexity index is 293. The number of ether oxygens (including phenoxy) is 1. The summed E-state index contributed by atoms with van der Waals surface area (Å²) >= 11 is 0. The van der Waals surface area contributed by atoms with Crippen molar-refractivity contribution in [3.8, 4) is 0 Å². The van der Waals surface area contributed by atoms with Crippen LogP contribution >= 0.6 is 0 Å². The van der Waals surface area contributed by atoms with Crippen LogP contribution in [0.1, 0.15) is 5.56 Å². The number of carbonyl (C=O) groups is 1. The van der Waals surface area contributed by atoms with E-state index in [-0.39, 0.29) is 0 Å². The molecule has 0 aliphatic carbocycles. The largest absolute Gasteiger partial charge is 0.453 e. The molecular formula is C10H11NO2. The highest BCUT2D eigenvalue weighted by Gasteiger charge is 1.90. The third kappa shape index (κ3) is 3.42. The van der Waals surface area contributed by atoms with Crippen molar-refractivity contribution < 1.29 is 9.53 Å². The predicted molar refractivity (Wildman–Crippen MR) is 51.0 cm³/mol. The smallest absolute Gasteiger partial charge is 0.410 e. The standard InChI is InChI=1S/C10H11NO2/c1-13-10(12)11-8-7-9-5-3-2-4-6-9/h2-8H,1H3,(H,11,12)/b8-7+. The third-order valence-corrected chi connectivity index (χ3v) is 1.46. The Balaban J connectivity index is 2.45. The van der Waals surface area contributed by atoms with Crippen LogP contribution in [0, 0.1) is 0 Å². The van der Waals surface area contributed by atoms with Crippen molar-refractivity contribution >= 4 is 12.2 Å². The Morgan fingerprint density at radius 2 is 2.08 bits per heavy atom. The summed E-state index contributed by atoms with van der Waals surface area (Å²) in [5.41, 5.74) is 1.03. The molecule has 1 N–H and O–H groups in total. The first kappa shape index (κ1) is 9.32. The van der Waals surface area contributed by atoms with E-state index >= 15 is 0 Å². The maximum absolute atomic E-state index is 10.6. The van der Waals surface area contributed by atoms with Crippen LogP contribution in [0.25, 0.3) is 6.08 Å². The highest BCUT2D eigenvalue weighted by atomic mass is 16.5. The van der Waals surface area contributed by atoms with Crippen molar-refractivity contribution in [2.45, 2.75) is 0 Å². The van der Waals surface area contributed by atoms with Gasteiger partial charge in [0.1, 0.15) is 0 Å². The van der Waals surface area contributed by atoms with Crippen LogP contribution in [-0.4, -0.2) is 13.2 Å². The Morgan fingerprint density at radius 1 is 1.38 bits per heavy atom. The van der Waals surface area contributed by atoms with Gasteiger partial charge in [-0.25, -0.2) is 4.79 Å². The minimum absolute atomic E-state index is 0.466. The van der Waals surface area contributed by atoms with Crippen LogP contribution in [0.5, 0.6) is 0 Å². The summed E-state index contributed by atoms with van der Waals surface area (Å²) in [5, 5.41) is 2.44. The molecule has 1 amide bonds. The number of rotatable bonds is 2. The molecule has 0 saturated carbocycles. The number of amides is 1. The molecule has 3 nitrogen and oxygen atoms in total. The zero-order valence-corrected chi connectivity index (χ0v) is 7.36. The summed E-state index contributed by atoms with van der Waals surface area (Å²) in [7, 11) is 1.33. The van der Waals surface area contributed by atoms with Crippen molar-refractivity contribution in [1.82, 2.24) is 5.32 Å². The van der Waals surface area contributed by atoms with E-state index in [1.54, 1.807) is 12.3 Å². The van der Waals surface area contributed by atoms with Crippen LogP contribution in [0.4, 0.5) is 4.79 Å². The highest BCUT2D eigenvalue weighted by Crippen LogP contribution is 1.99. The fourth-order valence-electron chi connectivity index (χ4n) is 0.829. The summed E-state index contributed by atoms with van der Waals surface area (Å²) in [6, 6.07) is 9.67. The fourth-order valence-corrected chi connectivity index (χ4v) is 0.829. The summed E-state index contributed by atoms with van der Waals surface area (Å²) in [6.45, 7) is 0. The second-order valence-corrected chi connectivity index (χ2v) is 2.38. The van der Waals surface area contributed by atoms with Crippen molar-refractivity contribution in [2.24, 2.45) is 0 Å². The van der Waals surface area contributed by atoms with Crippen molar-refractivity contribution in [3.05, 3.63) is 42.1 Å². The molecular weight excluding hydrogens is 166 g/mol. The van der Waals surface area contributed by atoms with Gasteiger partial charge in [0.25, 0.3) is 0 Å². The van der Waals surface area contributed by atoms with E-state index in [0.29, 0.717) is 0 Å². The van der Waals surface area contributed by atoms with E-state index in [0.717, 1.165) is 5.56 Å². The average Bonchev–Trinajstić information content (AvgIpc) is 2.19. The molecule has 1 aromatic rings. The Morgan fingerprint density at radius 3 is 2.69 bits per heavy atom. The molecule has 1 rings (SSSR count). The van der Waals surface area contributed by atoms with Crippen molar-refractivity contribution in [3.63, 3.8) is 0 Å². The van der Waals surface area contributed by atoms with Gasteiger partial charge in [0.05, 0.1) is 7.11 Å². The number of nitrogens with one attached hydrogen (secondary N) is 1. The molecule has 13 heavy (non-hydrogen) atoms. The van der Waals surface area contributed by atoms with E-state index in [1.165, 1.54) is 7.11 Å². The molecule has 68 valence electrons. The quantitative estimate of drug-likeness (QED) is 0.750. The van der Waals surface area contributed by atoms with Crippen LogP contribution in [-0.2, 0) is 4.74 Å². The van der Waals surface area contributed by atoms with Gasteiger partial charge in [-0.3, -0.25) is 5.32 Å². The Labute approximate surface area is 77.0 Å². The van der Waals surface area contributed by atoms with Gasteiger partial charge < -0.3 is 4.74 Å². The van der Waals surface area contributed by atoms with E-state index in [9.17, 15) is 4.79 Å². The highest BCUT2D eigenvalue weighted by molar-refractivity contribution is 5.69. The summed E-state index contributed by atoms with van der Waals surface area (Å²) in [4.78, 5) is 10.6. The molecule has 0 aliphatic rings. The fraction of sp³-hybridized carbons (Fsp3) is 0.100. The van der Waals surface area contributed by atoms with Gasteiger partial charge in [-0.1, -0.05) is 30.3 Å².